The second-order valence-corrected chi connectivity index (χ2v) is 11.7. The number of thioether (sulfide) groups is 1. The lowest BCUT2D eigenvalue weighted by atomic mass is 10.1. The van der Waals surface area contributed by atoms with E-state index >= 15 is 0 Å². The number of hydrogen-bond donors (Lipinski definition) is 4. The van der Waals surface area contributed by atoms with Gasteiger partial charge in [-0.3, -0.25) is 14.4 Å². The largest absolute Gasteiger partial charge is 0.478 e. The van der Waals surface area contributed by atoms with Crippen molar-refractivity contribution >= 4 is 52.9 Å². The van der Waals surface area contributed by atoms with Gasteiger partial charge in [-0.15, -0.1) is 11.8 Å². The van der Waals surface area contributed by atoms with E-state index in [9.17, 15) is 24.3 Å². The summed E-state index contributed by atoms with van der Waals surface area (Å²) >= 11 is 1.30. The molecule has 0 heterocycles. The van der Waals surface area contributed by atoms with Crippen LogP contribution in [0.15, 0.2) is 144 Å². The van der Waals surface area contributed by atoms with Crippen molar-refractivity contribution < 1.29 is 24.3 Å². The zero-order valence-electron chi connectivity index (χ0n) is 25.3. The van der Waals surface area contributed by atoms with Crippen LogP contribution in [0, 0.1) is 6.92 Å². The summed E-state index contributed by atoms with van der Waals surface area (Å²) in [6.45, 7) is 1.95. The third-order valence-electron chi connectivity index (χ3n) is 6.97. The first-order valence-corrected chi connectivity index (χ1v) is 15.5. The average Bonchev–Trinajstić information content (AvgIpc) is 3.08. The van der Waals surface area contributed by atoms with Crippen LogP contribution in [0.25, 0.3) is 6.08 Å². The molecule has 0 saturated heterocycles. The maximum Gasteiger partial charge on any atom is 0.335 e. The van der Waals surface area contributed by atoms with Crippen LogP contribution in [0.5, 0.6) is 0 Å². The summed E-state index contributed by atoms with van der Waals surface area (Å²) in [4.78, 5) is 52.1. The highest BCUT2D eigenvalue weighted by atomic mass is 32.2. The summed E-state index contributed by atoms with van der Waals surface area (Å²) in [6, 6.07) is 38.5. The van der Waals surface area contributed by atoms with Gasteiger partial charge in [0.05, 0.1) is 5.56 Å². The molecule has 0 bridgehead atoms. The van der Waals surface area contributed by atoms with Gasteiger partial charge in [0, 0.05) is 21.8 Å². The number of anilines is 2. The Morgan fingerprint density at radius 2 is 1.36 bits per heavy atom. The van der Waals surface area contributed by atoms with E-state index in [1.165, 1.54) is 23.9 Å². The van der Waals surface area contributed by atoms with Crippen LogP contribution in [0.4, 0.5) is 11.4 Å². The van der Waals surface area contributed by atoms with Gasteiger partial charge in [0.25, 0.3) is 11.8 Å². The van der Waals surface area contributed by atoms with Gasteiger partial charge in [-0.25, -0.2) is 4.79 Å². The predicted octanol–water partition coefficient (Wildman–Crippen LogP) is 7.57. The Bertz CT molecular complexity index is 1930. The van der Waals surface area contributed by atoms with E-state index in [0.29, 0.717) is 21.8 Å². The van der Waals surface area contributed by atoms with Gasteiger partial charge >= 0.3 is 5.97 Å². The molecule has 5 aromatic rings. The number of aromatic carboxylic acids is 1. The minimum Gasteiger partial charge on any atom is -0.478 e. The quantitative estimate of drug-likeness (QED) is 0.0871. The van der Waals surface area contributed by atoms with Gasteiger partial charge in [-0.05, 0) is 78.7 Å². The second kappa shape index (κ2) is 15.4. The van der Waals surface area contributed by atoms with Crippen LogP contribution in [-0.4, -0.2) is 28.8 Å². The fourth-order valence-electron chi connectivity index (χ4n) is 4.66. The number of carboxylic acids is 1. The molecule has 0 fully saturated rings. The molecular formula is C38H31N3O5S. The normalized spacial score (nSPS) is 11.6. The molecule has 4 N–H and O–H groups in total. The molecule has 0 aromatic heterocycles. The Kier molecular flexibility index (Phi) is 10.6. The van der Waals surface area contributed by atoms with Gasteiger partial charge in [-0.1, -0.05) is 84.4 Å². The van der Waals surface area contributed by atoms with Gasteiger partial charge < -0.3 is 21.1 Å². The van der Waals surface area contributed by atoms with Crippen molar-refractivity contribution in [3.05, 3.63) is 167 Å². The molecule has 0 aliphatic heterocycles. The van der Waals surface area contributed by atoms with Crippen molar-refractivity contribution in [1.29, 1.82) is 0 Å². The van der Waals surface area contributed by atoms with Crippen LogP contribution in [0.1, 0.15) is 42.7 Å². The first-order chi connectivity index (χ1) is 22.7. The molecule has 1 unspecified atom stereocenters. The van der Waals surface area contributed by atoms with Crippen molar-refractivity contribution in [2.24, 2.45) is 0 Å². The third-order valence-corrected chi connectivity index (χ3v) is 8.22. The van der Waals surface area contributed by atoms with Gasteiger partial charge in [0.2, 0.25) is 5.91 Å². The molecule has 0 saturated carbocycles. The van der Waals surface area contributed by atoms with E-state index in [2.05, 4.69) is 16.0 Å². The minimum atomic E-state index is -1.05. The van der Waals surface area contributed by atoms with Gasteiger partial charge in [0.15, 0.2) is 0 Å². The highest BCUT2D eigenvalue weighted by Gasteiger charge is 2.23. The number of carbonyl (C=O) groups excluding carboxylic acids is 3. The van der Waals surface area contributed by atoms with Crippen molar-refractivity contribution in [2.75, 3.05) is 10.6 Å². The number of benzene rings is 5. The standard InChI is InChI=1S/C38H31N3O5S/c1-25-10-8-11-26(22-25)23-33(41-35(42)28-14-6-3-7-15-28)36(43)40-31-16-9-17-32(24-31)47-34(27-12-4-2-5-13-27)37(44)39-30-20-18-29(19-21-30)38(45)46/h2-24,34H,1H3,(H,39,44)(H,40,43)(H,41,42)(H,45,46)/b33-23+. The highest BCUT2D eigenvalue weighted by molar-refractivity contribution is 8.00. The summed E-state index contributed by atoms with van der Waals surface area (Å²) in [5, 5.41) is 17.0. The van der Waals surface area contributed by atoms with Crippen molar-refractivity contribution in [3.63, 3.8) is 0 Å². The minimum absolute atomic E-state index is 0.0676. The van der Waals surface area contributed by atoms with Crippen molar-refractivity contribution in [1.82, 2.24) is 5.32 Å². The number of amides is 3. The lowest BCUT2D eigenvalue weighted by Gasteiger charge is -2.18. The molecule has 0 radical (unpaired) electrons. The summed E-state index contributed by atoms with van der Waals surface area (Å²) in [5.74, 6) is -2.28. The Hall–Kier alpha value is -5.93. The fourth-order valence-corrected chi connectivity index (χ4v) is 5.74. The topological polar surface area (TPSA) is 125 Å². The molecule has 9 heteroatoms. The maximum absolute atomic E-state index is 13.6. The summed E-state index contributed by atoms with van der Waals surface area (Å²) in [6.07, 6.45) is 1.63. The molecule has 0 aliphatic carbocycles. The number of aryl methyl sites for hydroxylation is 1. The van der Waals surface area contributed by atoms with E-state index in [0.717, 1.165) is 16.7 Å². The summed E-state index contributed by atoms with van der Waals surface area (Å²) < 4.78 is 0. The molecule has 5 rings (SSSR count). The Balaban J connectivity index is 1.36. The molecular weight excluding hydrogens is 611 g/mol. The average molecular weight is 642 g/mol. The summed E-state index contributed by atoms with van der Waals surface area (Å²) in [7, 11) is 0. The maximum atomic E-state index is 13.6. The number of carboxylic acid groups (broad SMARTS) is 1. The van der Waals surface area contributed by atoms with E-state index < -0.39 is 23.0 Å². The number of hydrogen-bond acceptors (Lipinski definition) is 5. The molecule has 3 amide bonds. The molecule has 1 atom stereocenters. The SMILES string of the molecule is Cc1cccc(/C=C(/NC(=O)c2ccccc2)C(=O)Nc2cccc(SC(C(=O)Nc3ccc(C(=O)O)cc3)c3ccccc3)c2)c1. The lowest BCUT2D eigenvalue weighted by Crippen LogP contribution is -2.30. The van der Waals surface area contributed by atoms with Crippen LogP contribution < -0.4 is 16.0 Å². The molecule has 47 heavy (non-hydrogen) atoms. The molecule has 0 aliphatic rings. The van der Waals surface area contributed by atoms with Crippen LogP contribution >= 0.6 is 11.8 Å². The third kappa shape index (κ3) is 9.06. The van der Waals surface area contributed by atoms with E-state index in [1.807, 2.05) is 73.7 Å². The van der Waals surface area contributed by atoms with Gasteiger partial charge in [-0.2, -0.15) is 0 Å². The van der Waals surface area contributed by atoms with Gasteiger partial charge in [0.1, 0.15) is 10.9 Å². The molecule has 8 nitrogen and oxygen atoms in total. The smallest absolute Gasteiger partial charge is 0.335 e. The van der Waals surface area contributed by atoms with Crippen molar-refractivity contribution in [2.45, 2.75) is 17.1 Å². The van der Waals surface area contributed by atoms with E-state index in [4.69, 9.17) is 0 Å². The zero-order valence-corrected chi connectivity index (χ0v) is 26.2. The predicted molar refractivity (Wildman–Crippen MR) is 185 cm³/mol. The van der Waals surface area contributed by atoms with Crippen LogP contribution in [0.3, 0.4) is 0 Å². The number of rotatable bonds is 11. The molecule has 5 aromatic carbocycles. The fraction of sp³-hybridized carbons (Fsp3) is 0.0526. The monoisotopic (exact) mass is 641 g/mol. The van der Waals surface area contributed by atoms with E-state index in [1.54, 1.807) is 60.7 Å². The van der Waals surface area contributed by atoms with Crippen molar-refractivity contribution in [3.8, 4) is 0 Å². The Morgan fingerprint density at radius 1 is 0.681 bits per heavy atom. The molecule has 0 spiro atoms. The van der Waals surface area contributed by atoms with Crippen LogP contribution in [-0.2, 0) is 9.59 Å². The molecule has 234 valence electrons. The zero-order chi connectivity index (χ0) is 33.2. The highest BCUT2D eigenvalue weighted by Crippen LogP contribution is 2.37. The lowest BCUT2D eigenvalue weighted by molar-refractivity contribution is -0.116. The van der Waals surface area contributed by atoms with E-state index in [-0.39, 0.29) is 17.2 Å². The number of carbonyl (C=O) groups is 4. The number of nitrogens with one attached hydrogen (secondary N) is 3. The Morgan fingerprint density at radius 3 is 2.04 bits per heavy atom. The first-order valence-electron chi connectivity index (χ1n) is 14.7. The van der Waals surface area contributed by atoms with Crippen LogP contribution in [0.2, 0.25) is 0 Å². The summed E-state index contributed by atoms with van der Waals surface area (Å²) in [5.41, 5.74) is 4.06. The first kappa shape index (κ1) is 32.5. The Labute approximate surface area is 276 Å². The second-order valence-electron chi connectivity index (χ2n) is 10.6.